The number of hydrogen-bond donors (Lipinski definition) is 2. The molecule has 3 N–H and O–H groups in total. The van der Waals surface area contributed by atoms with Crippen LogP contribution in [0.2, 0.25) is 0 Å². The van der Waals surface area contributed by atoms with Crippen LogP contribution in [0.15, 0.2) is 48.5 Å². The third-order valence-corrected chi connectivity index (χ3v) is 3.60. The number of nitrogens with one attached hydrogen (secondary N) is 1. The highest BCUT2D eigenvalue weighted by Gasteiger charge is 2.06. The number of carbonyl (C=O) groups is 1. The Kier molecular flexibility index (Phi) is 5.42. The fraction of sp³-hybridized carbons (Fsp3) is 0.278. The van der Waals surface area contributed by atoms with E-state index in [0.717, 1.165) is 24.3 Å². The van der Waals surface area contributed by atoms with E-state index < -0.39 is 0 Å². The molecular formula is C18H23N3O. The molecule has 0 aliphatic heterocycles. The van der Waals surface area contributed by atoms with E-state index in [-0.39, 0.29) is 5.91 Å². The van der Waals surface area contributed by atoms with Crippen LogP contribution in [-0.4, -0.2) is 19.0 Å². The van der Waals surface area contributed by atoms with E-state index in [9.17, 15) is 4.79 Å². The van der Waals surface area contributed by atoms with Gasteiger partial charge in [0.15, 0.2) is 0 Å². The summed E-state index contributed by atoms with van der Waals surface area (Å²) in [6.45, 7) is 6.20. The first kappa shape index (κ1) is 15.9. The molecule has 0 spiro atoms. The van der Waals surface area contributed by atoms with Crippen molar-refractivity contribution in [3.63, 3.8) is 0 Å². The first-order chi connectivity index (χ1) is 10.6. The Bertz CT molecular complexity index is 618. The van der Waals surface area contributed by atoms with Crippen LogP contribution in [0.25, 0.3) is 0 Å². The highest BCUT2D eigenvalue weighted by Crippen LogP contribution is 2.18. The number of carbonyl (C=O) groups excluding carboxylic acids is 1. The van der Waals surface area contributed by atoms with Gasteiger partial charge in [0.05, 0.1) is 6.42 Å². The van der Waals surface area contributed by atoms with Crippen LogP contribution < -0.4 is 16.0 Å². The smallest absolute Gasteiger partial charge is 0.228 e. The van der Waals surface area contributed by atoms with Crippen molar-refractivity contribution in [3.05, 3.63) is 54.1 Å². The predicted molar refractivity (Wildman–Crippen MR) is 93.2 cm³/mol. The van der Waals surface area contributed by atoms with Gasteiger partial charge in [-0.25, -0.2) is 0 Å². The molecule has 0 radical (unpaired) electrons. The molecule has 22 heavy (non-hydrogen) atoms. The van der Waals surface area contributed by atoms with E-state index in [2.05, 4.69) is 24.1 Å². The van der Waals surface area contributed by atoms with Crippen molar-refractivity contribution in [1.29, 1.82) is 0 Å². The highest BCUT2D eigenvalue weighted by molar-refractivity contribution is 5.92. The van der Waals surface area contributed by atoms with Crippen molar-refractivity contribution >= 4 is 23.0 Å². The van der Waals surface area contributed by atoms with Crippen LogP contribution in [0.3, 0.4) is 0 Å². The molecule has 4 heteroatoms. The molecule has 0 aromatic heterocycles. The minimum Gasteiger partial charge on any atom is -0.399 e. The molecule has 0 heterocycles. The summed E-state index contributed by atoms with van der Waals surface area (Å²) in [6, 6.07) is 15.3. The summed E-state index contributed by atoms with van der Waals surface area (Å²) in [6.07, 6.45) is 0.322. The molecule has 0 aliphatic carbocycles. The summed E-state index contributed by atoms with van der Waals surface area (Å²) < 4.78 is 0. The zero-order valence-electron chi connectivity index (χ0n) is 13.2. The zero-order valence-corrected chi connectivity index (χ0v) is 13.2. The molecule has 0 saturated carbocycles. The van der Waals surface area contributed by atoms with Crippen LogP contribution in [0, 0.1) is 0 Å². The van der Waals surface area contributed by atoms with Crippen molar-refractivity contribution in [2.75, 3.05) is 29.0 Å². The largest absolute Gasteiger partial charge is 0.399 e. The van der Waals surface area contributed by atoms with E-state index in [0.29, 0.717) is 12.1 Å². The van der Waals surface area contributed by atoms with E-state index in [1.807, 2.05) is 48.5 Å². The average molecular weight is 297 g/mol. The molecule has 4 nitrogen and oxygen atoms in total. The van der Waals surface area contributed by atoms with Crippen LogP contribution in [0.4, 0.5) is 17.1 Å². The third-order valence-electron chi connectivity index (χ3n) is 3.60. The molecule has 0 atom stereocenters. The molecule has 1 amide bonds. The SMILES string of the molecule is CCN(CC)c1ccc(NC(=O)Cc2cccc(N)c2)cc1. The fourth-order valence-electron chi connectivity index (χ4n) is 2.44. The van der Waals surface area contributed by atoms with E-state index >= 15 is 0 Å². The summed E-state index contributed by atoms with van der Waals surface area (Å²) in [7, 11) is 0. The topological polar surface area (TPSA) is 58.4 Å². The fourth-order valence-corrected chi connectivity index (χ4v) is 2.44. The lowest BCUT2D eigenvalue weighted by atomic mass is 10.1. The highest BCUT2D eigenvalue weighted by atomic mass is 16.1. The molecule has 0 unspecified atom stereocenters. The van der Waals surface area contributed by atoms with E-state index in [1.54, 1.807) is 0 Å². The average Bonchev–Trinajstić information content (AvgIpc) is 2.50. The summed E-state index contributed by atoms with van der Waals surface area (Å²) in [5, 5.41) is 2.91. The summed E-state index contributed by atoms with van der Waals surface area (Å²) in [5.74, 6) is -0.0406. The molecular weight excluding hydrogens is 274 g/mol. The lowest BCUT2D eigenvalue weighted by molar-refractivity contribution is -0.115. The monoisotopic (exact) mass is 297 g/mol. The zero-order chi connectivity index (χ0) is 15.9. The van der Waals surface area contributed by atoms with Crippen LogP contribution in [0.5, 0.6) is 0 Å². The number of amides is 1. The minimum absolute atomic E-state index is 0.0406. The lowest BCUT2D eigenvalue weighted by Gasteiger charge is -2.21. The standard InChI is InChI=1S/C18H23N3O/c1-3-21(4-2)17-10-8-16(9-11-17)20-18(22)13-14-6-5-7-15(19)12-14/h5-12H,3-4,13,19H2,1-2H3,(H,20,22). The number of rotatable bonds is 6. The van der Waals surface area contributed by atoms with Crippen molar-refractivity contribution in [1.82, 2.24) is 0 Å². The van der Waals surface area contributed by atoms with E-state index in [1.165, 1.54) is 5.69 Å². The van der Waals surface area contributed by atoms with Gasteiger partial charge in [0.1, 0.15) is 0 Å². The Morgan fingerprint density at radius 1 is 1.09 bits per heavy atom. The minimum atomic E-state index is -0.0406. The normalized spacial score (nSPS) is 10.3. The van der Waals surface area contributed by atoms with Crippen LogP contribution in [-0.2, 0) is 11.2 Å². The van der Waals surface area contributed by atoms with Crippen molar-refractivity contribution in [3.8, 4) is 0 Å². The van der Waals surface area contributed by atoms with Gasteiger partial charge in [0, 0.05) is 30.2 Å². The van der Waals surface area contributed by atoms with Gasteiger partial charge in [-0.05, 0) is 55.8 Å². The number of hydrogen-bond acceptors (Lipinski definition) is 3. The summed E-state index contributed by atoms with van der Waals surface area (Å²) in [4.78, 5) is 14.3. The first-order valence-corrected chi connectivity index (χ1v) is 7.61. The van der Waals surface area contributed by atoms with Gasteiger partial charge in [0.2, 0.25) is 5.91 Å². The van der Waals surface area contributed by atoms with Gasteiger partial charge < -0.3 is 16.0 Å². The second kappa shape index (κ2) is 7.50. The number of nitrogens with two attached hydrogens (primary N) is 1. The molecule has 0 aliphatic rings. The van der Waals surface area contributed by atoms with Crippen LogP contribution in [0.1, 0.15) is 19.4 Å². The van der Waals surface area contributed by atoms with E-state index in [4.69, 9.17) is 5.73 Å². The van der Waals surface area contributed by atoms with Crippen LogP contribution >= 0.6 is 0 Å². The van der Waals surface area contributed by atoms with Crippen molar-refractivity contribution in [2.24, 2.45) is 0 Å². The van der Waals surface area contributed by atoms with Gasteiger partial charge in [-0.1, -0.05) is 12.1 Å². The second-order valence-corrected chi connectivity index (χ2v) is 5.19. The van der Waals surface area contributed by atoms with Gasteiger partial charge >= 0.3 is 0 Å². The summed E-state index contributed by atoms with van der Waals surface area (Å²) >= 11 is 0. The molecule has 2 rings (SSSR count). The maximum Gasteiger partial charge on any atom is 0.228 e. The Morgan fingerprint density at radius 2 is 1.77 bits per heavy atom. The number of benzene rings is 2. The molecule has 2 aromatic rings. The van der Waals surface area contributed by atoms with Crippen molar-refractivity contribution in [2.45, 2.75) is 20.3 Å². The second-order valence-electron chi connectivity index (χ2n) is 5.19. The molecule has 116 valence electrons. The number of anilines is 3. The molecule has 0 bridgehead atoms. The molecule has 2 aromatic carbocycles. The van der Waals surface area contributed by atoms with Gasteiger partial charge in [-0.15, -0.1) is 0 Å². The molecule has 0 saturated heterocycles. The third kappa shape index (κ3) is 4.25. The lowest BCUT2D eigenvalue weighted by Crippen LogP contribution is -2.21. The van der Waals surface area contributed by atoms with Crippen molar-refractivity contribution < 1.29 is 4.79 Å². The van der Waals surface area contributed by atoms with Gasteiger partial charge in [-0.2, -0.15) is 0 Å². The number of nitrogen functional groups attached to an aromatic ring is 1. The quantitative estimate of drug-likeness (QED) is 0.804. The predicted octanol–water partition coefficient (Wildman–Crippen LogP) is 3.30. The maximum absolute atomic E-state index is 12.1. The Hall–Kier alpha value is -2.49. The van der Waals surface area contributed by atoms with Gasteiger partial charge in [-0.3, -0.25) is 4.79 Å². The maximum atomic E-state index is 12.1. The van der Waals surface area contributed by atoms with Gasteiger partial charge in [0.25, 0.3) is 0 Å². The summed E-state index contributed by atoms with van der Waals surface area (Å²) in [5.41, 5.74) is 9.29. The number of nitrogens with zero attached hydrogens (tertiary/aromatic N) is 1. The Balaban J connectivity index is 1.97. The first-order valence-electron chi connectivity index (χ1n) is 7.61. The Morgan fingerprint density at radius 3 is 2.36 bits per heavy atom. The molecule has 0 fully saturated rings. The Labute approximate surface area is 131 Å².